The van der Waals surface area contributed by atoms with E-state index in [1.54, 1.807) is 11.9 Å². The molecule has 0 saturated heterocycles. The van der Waals surface area contributed by atoms with Gasteiger partial charge in [0.1, 0.15) is 0 Å². The molecule has 42 heavy (non-hydrogen) atoms. The molecule has 3 aromatic rings. The van der Waals surface area contributed by atoms with Crippen LogP contribution in [0, 0.1) is 20.8 Å². The molecule has 218 valence electrons. The molecule has 0 spiro atoms. The van der Waals surface area contributed by atoms with Crippen LogP contribution >= 0.6 is 0 Å². The van der Waals surface area contributed by atoms with Gasteiger partial charge in [-0.05, 0) is 105 Å². The van der Waals surface area contributed by atoms with Crippen molar-refractivity contribution in [3.8, 4) is 0 Å². The van der Waals surface area contributed by atoms with Gasteiger partial charge in [0.25, 0.3) is 0 Å². The first-order valence-electron chi connectivity index (χ1n) is 14.7. The van der Waals surface area contributed by atoms with Gasteiger partial charge in [-0.15, -0.1) is 0 Å². The average Bonchev–Trinajstić information content (AvgIpc) is 3.66. The molecule has 5 heterocycles. The highest BCUT2D eigenvalue weighted by atomic mass is 16.3. The number of allylic oxidation sites excluding steroid dienone is 3. The standard InChI is InChI=1S/C35H41N5O2/c1-9-24-21(5)30-18-33-25(10-2)20(4)29(37-33)17-31-22(6)26(11-12-34(42)40(8)13-14-41)35(39-31)23(7)28-15-19(3)27(36-28)16-32(24)38-30/h10,15-18,37-38,41H,2,9,11-14H2,1,3-8H3. The van der Waals surface area contributed by atoms with Crippen molar-refractivity contribution in [1.82, 2.24) is 24.8 Å². The maximum Gasteiger partial charge on any atom is 0.222 e. The summed E-state index contributed by atoms with van der Waals surface area (Å²) in [4.78, 5) is 31.9. The van der Waals surface area contributed by atoms with E-state index in [0.717, 1.165) is 84.7 Å². The number of aryl methyl sites for hydroxylation is 3. The van der Waals surface area contributed by atoms with Crippen LogP contribution in [0.5, 0.6) is 0 Å². The summed E-state index contributed by atoms with van der Waals surface area (Å²) < 4.78 is 0. The van der Waals surface area contributed by atoms with Gasteiger partial charge in [-0.2, -0.15) is 0 Å². The third kappa shape index (κ3) is 5.13. The van der Waals surface area contributed by atoms with Crippen molar-refractivity contribution in [2.75, 3.05) is 20.2 Å². The number of H-pyrrole nitrogens is 2. The third-order valence-electron chi connectivity index (χ3n) is 8.77. The van der Waals surface area contributed by atoms with Crippen LogP contribution in [0.1, 0.15) is 84.2 Å². The fourth-order valence-corrected chi connectivity index (χ4v) is 6.04. The monoisotopic (exact) mass is 563 g/mol. The lowest BCUT2D eigenvalue weighted by Gasteiger charge is -2.16. The van der Waals surface area contributed by atoms with Crippen LogP contribution in [-0.4, -0.2) is 56.0 Å². The number of hydrogen-bond donors (Lipinski definition) is 3. The zero-order chi connectivity index (χ0) is 30.3. The number of carbonyl (C=O) groups is 1. The van der Waals surface area contributed by atoms with Crippen molar-refractivity contribution in [2.24, 2.45) is 0 Å². The van der Waals surface area contributed by atoms with Crippen molar-refractivity contribution in [1.29, 1.82) is 0 Å². The molecule has 5 rings (SSSR count). The first-order valence-corrected chi connectivity index (χ1v) is 14.7. The Hall–Kier alpha value is -4.23. The topological polar surface area (TPSA) is 97.9 Å². The molecular weight excluding hydrogens is 522 g/mol. The minimum atomic E-state index is -0.0531. The van der Waals surface area contributed by atoms with Crippen LogP contribution in [0.25, 0.3) is 50.9 Å². The summed E-state index contributed by atoms with van der Waals surface area (Å²) in [5.41, 5.74) is 16.6. The summed E-state index contributed by atoms with van der Waals surface area (Å²) in [6, 6.07) is 6.43. The van der Waals surface area contributed by atoms with Crippen molar-refractivity contribution in [2.45, 2.75) is 60.8 Å². The number of aliphatic hydroxyl groups is 1. The quantitative estimate of drug-likeness (QED) is 0.284. The number of aliphatic hydroxyl groups excluding tert-OH is 1. The van der Waals surface area contributed by atoms with E-state index in [-0.39, 0.29) is 12.5 Å². The molecule has 3 N–H and O–H groups in total. The van der Waals surface area contributed by atoms with Gasteiger partial charge in [0.2, 0.25) is 5.91 Å². The lowest BCUT2D eigenvalue weighted by molar-refractivity contribution is -0.130. The Morgan fingerprint density at radius 1 is 0.952 bits per heavy atom. The molecule has 2 aliphatic rings. The number of nitrogens with zero attached hydrogens (tertiary/aromatic N) is 3. The van der Waals surface area contributed by atoms with Gasteiger partial charge in [0, 0.05) is 53.2 Å². The van der Waals surface area contributed by atoms with Crippen LogP contribution < -0.4 is 0 Å². The number of amides is 1. The molecular formula is C35H41N5O2. The van der Waals surface area contributed by atoms with Gasteiger partial charge in [0.05, 0.1) is 29.4 Å². The van der Waals surface area contributed by atoms with E-state index in [2.05, 4.69) is 82.4 Å². The van der Waals surface area contributed by atoms with Gasteiger partial charge in [-0.3, -0.25) is 4.79 Å². The van der Waals surface area contributed by atoms with E-state index in [9.17, 15) is 9.90 Å². The predicted octanol–water partition coefficient (Wildman–Crippen LogP) is 7.17. The van der Waals surface area contributed by atoms with Gasteiger partial charge in [-0.25, -0.2) is 9.97 Å². The highest BCUT2D eigenvalue weighted by molar-refractivity contribution is 5.95. The number of aromatic amines is 2. The zero-order valence-electron chi connectivity index (χ0n) is 25.8. The number of carbonyl (C=O) groups excluding carboxylic acids is 1. The smallest absolute Gasteiger partial charge is 0.222 e. The molecule has 0 radical (unpaired) electrons. The number of nitrogens with one attached hydrogen (secondary N) is 2. The third-order valence-corrected chi connectivity index (χ3v) is 8.77. The number of likely N-dealkylation sites (N-methyl/N-ethyl adjacent to an activating group) is 1. The summed E-state index contributed by atoms with van der Waals surface area (Å²) in [6.45, 7) is 17.1. The molecule has 0 atom stereocenters. The van der Waals surface area contributed by atoms with Crippen LogP contribution in [0.15, 0.2) is 24.8 Å². The van der Waals surface area contributed by atoms with Gasteiger partial charge in [0.15, 0.2) is 0 Å². The molecule has 0 aliphatic carbocycles. The Morgan fingerprint density at radius 3 is 2.33 bits per heavy atom. The Balaban J connectivity index is 1.83. The molecule has 7 nitrogen and oxygen atoms in total. The van der Waals surface area contributed by atoms with E-state index in [4.69, 9.17) is 9.97 Å². The maximum atomic E-state index is 12.8. The Bertz CT molecular complexity index is 1830. The van der Waals surface area contributed by atoms with Gasteiger partial charge >= 0.3 is 0 Å². The summed E-state index contributed by atoms with van der Waals surface area (Å²) in [5, 5.41) is 9.28. The minimum absolute atomic E-state index is 0.000453. The largest absolute Gasteiger partial charge is 0.395 e. The van der Waals surface area contributed by atoms with Crippen LogP contribution in [-0.2, 0) is 11.2 Å². The average molecular weight is 564 g/mol. The lowest BCUT2D eigenvalue weighted by atomic mass is 9.98. The van der Waals surface area contributed by atoms with Gasteiger partial charge < -0.3 is 20.0 Å². The highest BCUT2D eigenvalue weighted by Crippen LogP contribution is 2.37. The number of hydrogen-bond acceptors (Lipinski definition) is 4. The van der Waals surface area contributed by atoms with E-state index in [0.29, 0.717) is 19.4 Å². The number of aromatic nitrogens is 4. The summed E-state index contributed by atoms with van der Waals surface area (Å²) >= 11 is 0. The van der Waals surface area contributed by atoms with E-state index in [1.165, 1.54) is 11.1 Å². The van der Waals surface area contributed by atoms with Gasteiger partial charge in [-0.1, -0.05) is 19.6 Å². The highest BCUT2D eigenvalue weighted by Gasteiger charge is 2.23. The number of fused-ring (bicyclic) bond motifs is 8. The molecule has 7 heteroatoms. The zero-order valence-corrected chi connectivity index (χ0v) is 25.8. The van der Waals surface area contributed by atoms with Crippen LogP contribution in [0.2, 0.25) is 0 Å². The predicted molar refractivity (Wildman–Crippen MR) is 175 cm³/mol. The Morgan fingerprint density at radius 2 is 1.64 bits per heavy atom. The molecule has 0 aromatic carbocycles. The summed E-state index contributed by atoms with van der Waals surface area (Å²) in [7, 11) is 1.73. The number of rotatable bonds is 7. The van der Waals surface area contributed by atoms with E-state index in [1.807, 2.05) is 6.08 Å². The molecule has 8 bridgehead atoms. The van der Waals surface area contributed by atoms with Crippen LogP contribution in [0.4, 0.5) is 0 Å². The van der Waals surface area contributed by atoms with Crippen molar-refractivity contribution >= 4 is 56.8 Å². The second kappa shape index (κ2) is 11.6. The van der Waals surface area contributed by atoms with E-state index < -0.39 is 0 Å². The Kier molecular flexibility index (Phi) is 8.06. The molecule has 0 saturated carbocycles. The summed E-state index contributed by atoms with van der Waals surface area (Å²) in [6.07, 6.45) is 5.83. The lowest BCUT2D eigenvalue weighted by Crippen LogP contribution is -2.29. The van der Waals surface area contributed by atoms with Crippen LogP contribution in [0.3, 0.4) is 0 Å². The van der Waals surface area contributed by atoms with Crippen molar-refractivity contribution < 1.29 is 9.90 Å². The second-order valence-electron chi connectivity index (χ2n) is 11.4. The van der Waals surface area contributed by atoms with E-state index >= 15 is 0 Å². The molecule has 3 aromatic heterocycles. The second-order valence-corrected chi connectivity index (χ2v) is 11.4. The molecule has 1 amide bonds. The van der Waals surface area contributed by atoms with Crippen molar-refractivity contribution in [3.63, 3.8) is 0 Å². The molecule has 0 fully saturated rings. The minimum Gasteiger partial charge on any atom is -0.395 e. The molecule has 2 aliphatic heterocycles. The fraction of sp³-hybridized carbons (Fsp3) is 0.343. The Labute approximate surface area is 247 Å². The summed E-state index contributed by atoms with van der Waals surface area (Å²) in [5.74, 6) is -0.000453. The molecule has 0 unspecified atom stereocenters. The first kappa shape index (κ1) is 29.3. The fourth-order valence-electron chi connectivity index (χ4n) is 6.04. The first-order chi connectivity index (χ1) is 20.1. The maximum absolute atomic E-state index is 12.8. The van der Waals surface area contributed by atoms with Crippen molar-refractivity contribution in [3.05, 3.63) is 75.4 Å². The SMILES string of the molecule is C=Cc1c(C)c2cc3nc(c(C)c4nc(cc5[nH]c(cc1[nH]2)c(C)c5CC)C(C)=C4)C(CCC(=O)N(C)CCO)=C3C. The normalized spacial score (nSPS) is 13.0.